The van der Waals surface area contributed by atoms with Crippen LogP contribution in [0.4, 0.5) is 8.78 Å². The van der Waals surface area contributed by atoms with E-state index in [-0.39, 0.29) is 11.3 Å². The molecule has 0 aliphatic rings. The number of ketones is 1. The Morgan fingerprint density at radius 3 is 2.33 bits per heavy atom. The van der Waals surface area contributed by atoms with E-state index in [9.17, 15) is 13.6 Å². The van der Waals surface area contributed by atoms with Gasteiger partial charge in [-0.3, -0.25) is 4.79 Å². The highest BCUT2D eigenvalue weighted by molar-refractivity contribution is 5.85. The van der Waals surface area contributed by atoms with Crippen molar-refractivity contribution in [3.8, 4) is 0 Å². The normalized spacial score (nSPS) is 12.5. The van der Waals surface area contributed by atoms with E-state index in [1.165, 1.54) is 18.2 Å². The molecule has 0 aromatic heterocycles. The zero-order valence-electron chi connectivity index (χ0n) is 8.89. The van der Waals surface area contributed by atoms with Gasteiger partial charge in [0.1, 0.15) is 17.4 Å². The monoisotopic (exact) mass is 212 g/mol. The van der Waals surface area contributed by atoms with Crippen LogP contribution in [0.5, 0.6) is 0 Å². The van der Waals surface area contributed by atoms with Crippen molar-refractivity contribution in [2.24, 2.45) is 0 Å². The second-order valence-corrected chi connectivity index (χ2v) is 3.57. The molecule has 0 amide bonds. The molecule has 0 aliphatic carbocycles. The summed E-state index contributed by atoms with van der Waals surface area (Å²) in [5.41, 5.74) is -0.115. The first-order valence-corrected chi connectivity index (χ1v) is 5.04. The summed E-state index contributed by atoms with van der Waals surface area (Å²) in [5, 5.41) is 0. The van der Waals surface area contributed by atoms with Gasteiger partial charge >= 0.3 is 0 Å². The number of hydrogen-bond donors (Lipinski definition) is 0. The molecule has 1 aromatic carbocycles. The summed E-state index contributed by atoms with van der Waals surface area (Å²) in [6, 6.07) is 3.65. The van der Waals surface area contributed by atoms with Crippen LogP contribution in [0, 0.1) is 11.6 Å². The number of halogens is 2. The largest absolute Gasteiger partial charge is 0.299 e. The van der Waals surface area contributed by atoms with Crippen molar-refractivity contribution in [2.45, 2.75) is 32.6 Å². The first-order valence-electron chi connectivity index (χ1n) is 5.04. The molecule has 0 aliphatic heterocycles. The maximum Gasteiger partial charge on any atom is 0.140 e. The maximum absolute atomic E-state index is 13.3. The Morgan fingerprint density at radius 2 is 1.87 bits per heavy atom. The second-order valence-electron chi connectivity index (χ2n) is 3.57. The van der Waals surface area contributed by atoms with Gasteiger partial charge in [0.15, 0.2) is 0 Å². The highest BCUT2D eigenvalue weighted by Gasteiger charge is 2.21. The Bertz CT molecular complexity index is 340. The van der Waals surface area contributed by atoms with Crippen LogP contribution in [0.15, 0.2) is 18.2 Å². The third-order valence-electron chi connectivity index (χ3n) is 2.41. The standard InChI is InChI=1S/C12H14F2O/c1-3-5-11(15)8(2)12-9(13)6-4-7-10(12)14/h4,6-8H,3,5H2,1-2H3. The van der Waals surface area contributed by atoms with Gasteiger partial charge < -0.3 is 0 Å². The fourth-order valence-electron chi connectivity index (χ4n) is 1.55. The average Bonchev–Trinajstić information content (AvgIpc) is 2.17. The van der Waals surface area contributed by atoms with Gasteiger partial charge in [-0.25, -0.2) is 8.78 Å². The third kappa shape index (κ3) is 2.61. The average molecular weight is 212 g/mol. The molecule has 0 spiro atoms. The highest BCUT2D eigenvalue weighted by atomic mass is 19.1. The predicted octanol–water partition coefficient (Wildman–Crippen LogP) is 3.44. The second kappa shape index (κ2) is 5.01. The fourth-order valence-corrected chi connectivity index (χ4v) is 1.55. The Hall–Kier alpha value is -1.25. The van der Waals surface area contributed by atoms with Crippen molar-refractivity contribution in [1.29, 1.82) is 0 Å². The molecule has 0 fully saturated rings. The van der Waals surface area contributed by atoms with Gasteiger partial charge in [0.25, 0.3) is 0 Å². The van der Waals surface area contributed by atoms with Gasteiger partial charge in [-0.2, -0.15) is 0 Å². The number of benzene rings is 1. The van der Waals surface area contributed by atoms with Crippen LogP contribution in [0.3, 0.4) is 0 Å². The first kappa shape index (κ1) is 11.8. The molecule has 1 unspecified atom stereocenters. The summed E-state index contributed by atoms with van der Waals surface area (Å²) < 4.78 is 26.6. The molecule has 1 atom stereocenters. The van der Waals surface area contributed by atoms with Crippen molar-refractivity contribution in [2.75, 3.05) is 0 Å². The molecule has 3 heteroatoms. The molecule has 0 bridgehead atoms. The van der Waals surface area contributed by atoms with E-state index in [1.54, 1.807) is 6.92 Å². The van der Waals surface area contributed by atoms with E-state index in [0.717, 1.165) is 0 Å². The lowest BCUT2D eigenvalue weighted by Crippen LogP contribution is -2.12. The van der Waals surface area contributed by atoms with Crippen LogP contribution in [0.25, 0.3) is 0 Å². The van der Waals surface area contributed by atoms with Gasteiger partial charge in [0.05, 0.1) is 0 Å². The van der Waals surface area contributed by atoms with Crippen LogP contribution in [0.1, 0.15) is 38.2 Å². The molecule has 82 valence electrons. The number of carbonyl (C=O) groups excluding carboxylic acids is 1. The van der Waals surface area contributed by atoms with E-state index < -0.39 is 17.6 Å². The van der Waals surface area contributed by atoms with Gasteiger partial charge in [-0.15, -0.1) is 0 Å². The van der Waals surface area contributed by atoms with Crippen LogP contribution in [-0.4, -0.2) is 5.78 Å². The van der Waals surface area contributed by atoms with E-state index >= 15 is 0 Å². The Kier molecular flexibility index (Phi) is 3.95. The minimum Gasteiger partial charge on any atom is -0.299 e. The number of rotatable bonds is 4. The molecule has 1 aromatic rings. The molecule has 0 radical (unpaired) electrons. The van der Waals surface area contributed by atoms with Crippen LogP contribution >= 0.6 is 0 Å². The quantitative estimate of drug-likeness (QED) is 0.747. The number of hydrogen-bond acceptors (Lipinski definition) is 1. The van der Waals surface area contributed by atoms with E-state index in [1.807, 2.05) is 6.92 Å². The number of Topliss-reactive ketones (excluding diaryl/α,β-unsaturated/α-hetero) is 1. The van der Waals surface area contributed by atoms with Crippen molar-refractivity contribution in [3.63, 3.8) is 0 Å². The van der Waals surface area contributed by atoms with Crippen molar-refractivity contribution < 1.29 is 13.6 Å². The lowest BCUT2D eigenvalue weighted by atomic mass is 9.93. The minimum atomic E-state index is -0.703. The van der Waals surface area contributed by atoms with Crippen molar-refractivity contribution >= 4 is 5.78 Å². The van der Waals surface area contributed by atoms with Gasteiger partial charge in [0.2, 0.25) is 0 Å². The van der Waals surface area contributed by atoms with Gasteiger partial charge in [-0.1, -0.05) is 19.9 Å². The topological polar surface area (TPSA) is 17.1 Å². The summed E-state index contributed by atoms with van der Waals surface area (Å²) >= 11 is 0. The molecule has 1 nitrogen and oxygen atoms in total. The highest BCUT2D eigenvalue weighted by Crippen LogP contribution is 2.24. The van der Waals surface area contributed by atoms with Crippen LogP contribution in [-0.2, 0) is 4.79 Å². The zero-order valence-corrected chi connectivity index (χ0v) is 8.89. The van der Waals surface area contributed by atoms with E-state index in [0.29, 0.717) is 12.8 Å². The van der Waals surface area contributed by atoms with Crippen LogP contribution < -0.4 is 0 Å². The van der Waals surface area contributed by atoms with Gasteiger partial charge in [-0.05, 0) is 18.6 Å². The minimum absolute atomic E-state index is 0.115. The van der Waals surface area contributed by atoms with E-state index in [2.05, 4.69) is 0 Å². The Morgan fingerprint density at radius 1 is 1.33 bits per heavy atom. The van der Waals surface area contributed by atoms with Crippen molar-refractivity contribution in [1.82, 2.24) is 0 Å². The predicted molar refractivity (Wildman–Crippen MR) is 54.7 cm³/mol. The molecule has 15 heavy (non-hydrogen) atoms. The molecular weight excluding hydrogens is 198 g/mol. The molecular formula is C12H14F2O. The molecule has 0 saturated heterocycles. The summed E-state index contributed by atoms with van der Waals surface area (Å²) in [4.78, 5) is 11.5. The fraction of sp³-hybridized carbons (Fsp3) is 0.417. The zero-order chi connectivity index (χ0) is 11.4. The molecule has 0 heterocycles. The smallest absolute Gasteiger partial charge is 0.140 e. The Balaban J connectivity index is 3.00. The first-order chi connectivity index (χ1) is 7.07. The summed E-state index contributed by atoms with van der Waals surface area (Å²) in [7, 11) is 0. The summed E-state index contributed by atoms with van der Waals surface area (Å²) in [5.74, 6) is -2.12. The molecule has 0 saturated carbocycles. The maximum atomic E-state index is 13.3. The molecule has 0 N–H and O–H groups in total. The van der Waals surface area contributed by atoms with Gasteiger partial charge in [0, 0.05) is 17.9 Å². The third-order valence-corrected chi connectivity index (χ3v) is 2.41. The lowest BCUT2D eigenvalue weighted by Gasteiger charge is -2.12. The number of carbonyl (C=O) groups is 1. The summed E-state index contributed by atoms with van der Waals surface area (Å²) in [6.07, 6.45) is 1.05. The lowest BCUT2D eigenvalue weighted by molar-refractivity contribution is -0.120. The van der Waals surface area contributed by atoms with Crippen molar-refractivity contribution in [3.05, 3.63) is 35.4 Å². The Labute approximate surface area is 88.1 Å². The summed E-state index contributed by atoms with van der Waals surface area (Å²) in [6.45, 7) is 3.40. The SMILES string of the molecule is CCCC(=O)C(C)c1c(F)cccc1F. The molecule has 1 rings (SSSR count). The van der Waals surface area contributed by atoms with Crippen LogP contribution in [0.2, 0.25) is 0 Å². The van der Waals surface area contributed by atoms with E-state index in [4.69, 9.17) is 0 Å².